The Bertz CT molecular complexity index is 1400. The predicted molar refractivity (Wildman–Crippen MR) is 132 cm³/mol. The smallest absolute Gasteiger partial charge is 0.258 e. The maximum absolute atomic E-state index is 13.9. The van der Waals surface area contributed by atoms with Gasteiger partial charge in [0.05, 0.1) is 12.2 Å². The largest absolute Gasteiger partial charge is 0.366 e. The van der Waals surface area contributed by atoms with E-state index in [1.807, 2.05) is 65.6 Å². The van der Waals surface area contributed by atoms with E-state index in [4.69, 9.17) is 17.3 Å². The van der Waals surface area contributed by atoms with Crippen LogP contribution in [-0.2, 0) is 13.0 Å². The van der Waals surface area contributed by atoms with E-state index in [-0.39, 0.29) is 5.91 Å². The van der Waals surface area contributed by atoms with E-state index in [0.717, 1.165) is 27.9 Å². The van der Waals surface area contributed by atoms with Gasteiger partial charge in [0.15, 0.2) is 0 Å². The third kappa shape index (κ3) is 3.90. The van der Waals surface area contributed by atoms with Crippen LogP contribution in [0.15, 0.2) is 91.0 Å². The van der Waals surface area contributed by atoms with Gasteiger partial charge in [-0.1, -0.05) is 72.3 Å². The fraction of sp³-hybridized carbons (Fsp3) is 0.0714. The quantitative estimate of drug-likeness (QED) is 0.421. The highest BCUT2D eigenvalue weighted by Gasteiger charge is 2.28. The Balaban J connectivity index is 1.56. The molecule has 1 heterocycles. The molecule has 0 saturated carbocycles. The van der Waals surface area contributed by atoms with Crippen molar-refractivity contribution in [1.82, 2.24) is 0 Å². The topological polar surface area (TPSA) is 63.4 Å². The number of carbonyl (C=O) groups is 2. The number of primary amides is 1. The number of benzene rings is 4. The number of nitrogens with zero attached hydrogens (tertiary/aromatic N) is 1. The minimum absolute atomic E-state index is 0.0878. The van der Waals surface area contributed by atoms with E-state index in [2.05, 4.69) is 12.1 Å². The molecule has 1 aliphatic rings. The van der Waals surface area contributed by atoms with E-state index in [1.54, 1.807) is 18.2 Å². The molecule has 0 bridgehead atoms. The fourth-order valence-electron chi connectivity index (χ4n) is 4.48. The summed E-state index contributed by atoms with van der Waals surface area (Å²) >= 11 is 6.19. The van der Waals surface area contributed by atoms with Gasteiger partial charge in [0, 0.05) is 21.7 Å². The summed E-state index contributed by atoms with van der Waals surface area (Å²) in [6.07, 6.45) is 0.368. The Kier molecular flexibility index (Phi) is 5.45. The Morgan fingerprint density at radius 1 is 0.788 bits per heavy atom. The summed E-state index contributed by atoms with van der Waals surface area (Å²) in [5.41, 5.74) is 12.2. The average molecular weight is 453 g/mol. The third-order valence-corrected chi connectivity index (χ3v) is 6.27. The van der Waals surface area contributed by atoms with E-state index < -0.39 is 5.91 Å². The van der Waals surface area contributed by atoms with Crippen LogP contribution in [0.5, 0.6) is 0 Å². The minimum Gasteiger partial charge on any atom is -0.366 e. The van der Waals surface area contributed by atoms with Crippen LogP contribution in [0.1, 0.15) is 37.4 Å². The Hall–Kier alpha value is -3.89. The zero-order chi connectivity index (χ0) is 22.9. The van der Waals surface area contributed by atoms with Gasteiger partial charge in [0.2, 0.25) is 5.91 Å². The molecule has 0 radical (unpaired) electrons. The molecule has 0 fully saturated rings. The number of hydrogen-bond acceptors (Lipinski definition) is 2. The maximum Gasteiger partial charge on any atom is 0.258 e. The summed E-state index contributed by atoms with van der Waals surface area (Å²) in [6.45, 7) is 0.490. The molecule has 4 nitrogen and oxygen atoms in total. The normalized spacial score (nSPS) is 12.1. The number of nitrogens with two attached hydrogens (primary N) is 1. The van der Waals surface area contributed by atoms with Gasteiger partial charge in [0.1, 0.15) is 0 Å². The second-order valence-corrected chi connectivity index (χ2v) is 8.50. The van der Waals surface area contributed by atoms with Crippen molar-refractivity contribution in [3.8, 4) is 11.1 Å². The van der Waals surface area contributed by atoms with Crippen LogP contribution in [0.3, 0.4) is 0 Å². The zero-order valence-electron chi connectivity index (χ0n) is 17.8. The van der Waals surface area contributed by atoms with E-state index in [1.165, 1.54) is 0 Å². The van der Waals surface area contributed by atoms with Crippen molar-refractivity contribution in [1.29, 1.82) is 0 Å². The molecular weight excluding hydrogens is 432 g/mol. The van der Waals surface area contributed by atoms with Gasteiger partial charge in [-0.2, -0.15) is 0 Å². The van der Waals surface area contributed by atoms with Gasteiger partial charge >= 0.3 is 0 Å². The van der Waals surface area contributed by atoms with Crippen molar-refractivity contribution in [2.24, 2.45) is 5.73 Å². The van der Waals surface area contributed by atoms with Gasteiger partial charge in [-0.05, 0) is 59.0 Å². The minimum atomic E-state index is -0.521. The molecule has 4 aromatic carbocycles. The Morgan fingerprint density at radius 2 is 1.48 bits per heavy atom. The molecule has 0 spiro atoms. The summed E-state index contributed by atoms with van der Waals surface area (Å²) in [6, 6.07) is 28.6. The molecule has 2 amide bonds. The highest BCUT2D eigenvalue weighted by atomic mass is 35.5. The maximum atomic E-state index is 13.9. The van der Waals surface area contributed by atoms with Crippen molar-refractivity contribution < 1.29 is 9.59 Å². The van der Waals surface area contributed by atoms with E-state index >= 15 is 0 Å². The monoisotopic (exact) mass is 452 g/mol. The van der Waals surface area contributed by atoms with Crippen LogP contribution < -0.4 is 10.6 Å². The van der Waals surface area contributed by atoms with Crippen LogP contribution in [0.4, 0.5) is 5.69 Å². The molecule has 162 valence electrons. The van der Waals surface area contributed by atoms with E-state index in [0.29, 0.717) is 34.7 Å². The predicted octanol–water partition coefficient (Wildman–Crippen LogP) is 5.86. The molecule has 2 N–H and O–H groups in total. The van der Waals surface area contributed by atoms with Gasteiger partial charge in [-0.15, -0.1) is 0 Å². The molecule has 5 heteroatoms. The van der Waals surface area contributed by atoms with Crippen molar-refractivity contribution in [3.05, 3.63) is 124 Å². The van der Waals surface area contributed by atoms with Crippen LogP contribution in [0, 0.1) is 0 Å². The zero-order valence-corrected chi connectivity index (χ0v) is 18.5. The Morgan fingerprint density at radius 3 is 2.30 bits per heavy atom. The molecule has 5 rings (SSSR count). The summed E-state index contributed by atoms with van der Waals surface area (Å²) in [5.74, 6) is -0.609. The fourth-order valence-corrected chi connectivity index (χ4v) is 4.67. The van der Waals surface area contributed by atoms with E-state index in [9.17, 15) is 9.59 Å². The third-order valence-electron chi connectivity index (χ3n) is 6.04. The molecule has 0 saturated heterocycles. The second kappa shape index (κ2) is 8.57. The van der Waals surface area contributed by atoms with Gasteiger partial charge in [-0.3, -0.25) is 9.59 Å². The second-order valence-electron chi connectivity index (χ2n) is 8.07. The van der Waals surface area contributed by atoms with Crippen LogP contribution in [0.25, 0.3) is 11.1 Å². The number of rotatable bonds is 4. The van der Waals surface area contributed by atoms with Crippen molar-refractivity contribution in [2.45, 2.75) is 13.0 Å². The van der Waals surface area contributed by atoms with Crippen LogP contribution in [0.2, 0.25) is 5.02 Å². The lowest BCUT2D eigenvalue weighted by molar-refractivity contribution is 0.0981. The molecule has 33 heavy (non-hydrogen) atoms. The number of para-hydroxylation sites is 1. The first kappa shape index (κ1) is 21.0. The van der Waals surface area contributed by atoms with Gasteiger partial charge in [0.25, 0.3) is 5.91 Å². The highest BCUT2D eigenvalue weighted by molar-refractivity contribution is 6.30. The van der Waals surface area contributed by atoms with Crippen molar-refractivity contribution in [3.63, 3.8) is 0 Å². The van der Waals surface area contributed by atoms with Crippen LogP contribution >= 0.6 is 11.6 Å². The molecule has 0 aliphatic carbocycles. The lowest BCUT2D eigenvalue weighted by atomic mass is 9.91. The Labute approximate surface area is 197 Å². The molecule has 0 aromatic heterocycles. The standard InChI is InChI=1S/C28H21ClN2O2/c29-21-13-14-23(27(30)32)20(16-21)15-18-7-1-4-10-24(18)28(33)31-17-19-8-2-3-9-22(19)25-11-5-6-12-26(25)31/h1-14,16H,15,17H2,(H2,30,32). The lowest BCUT2D eigenvalue weighted by Crippen LogP contribution is -2.33. The lowest BCUT2D eigenvalue weighted by Gasteiger charge is -2.31. The number of fused-ring (bicyclic) bond motifs is 3. The summed E-state index contributed by atoms with van der Waals surface area (Å²) in [4.78, 5) is 27.6. The van der Waals surface area contributed by atoms with Gasteiger partial charge < -0.3 is 10.6 Å². The van der Waals surface area contributed by atoms with Gasteiger partial charge in [-0.25, -0.2) is 0 Å². The summed E-state index contributed by atoms with van der Waals surface area (Å²) < 4.78 is 0. The SMILES string of the molecule is NC(=O)c1ccc(Cl)cc1Cc1ccccc1C(=O)N1Cc2ccccc2-c2ccccc21. The molecular formula is C28H21ClN2O2. The molecule has 4 aromatic rings. The number of amides is 2. The molecule has 1 aliphatic heterocycles. The van der Waals surface area contributed by atoms with Crippen LogP contribution in [-0.4, -0.2) is 11.8 Å². The first-order valence-corrected chi connectivity index (χ1v) is 11.1. The number of carbonyl (C=O) groups excluding carboxylic acids is 2. The molecule has 0 unspecified atom stereocenters. The number of hydrogen-bond donors (Lipinski definition) is 1. The summed E-state index contributed by atoms with van der Waals surface area (Å²) in [5, 5.41) is 0.514. The first-order chi connectivity index (χ1) is 16.0. The summed E-state index contributed by atoms with van der Waals surface area (Å²) in [7, 11) is 0. The highest BCUT2D eigenvalue weighted by Crippen LogP contribution is 2.39. The van der Waals surface area contributed by atoms with Crippen molar-refractivity contribution in [2.75, 3.05) is 4.90 Å². The number of halogens is 1. The first-order valence-electron chi connectivity index (χ1n) is 10.7. The van der Waals surface area contributed by atoms with Crippen molar-refractivity contribution >= 4 is 29.1 Å². The average Bonchev–Trinajstić information content (AvgIpc) is 2.83. The number of anilines is 1. The molecule has 0 atom stereocenters.